The van der Waals surface area contributed by atoms with Crippen LogP contribution < -0.4 is 4.74 Å². The van der Waals surface area contributed by atoms with Gasteiger partial charge in [0.2, 0.25) is 0 Å². The molecule has 0 spiro atoms. The zero-order valence-electron chi connectivity index (χ0n) is 11.6. The summed E-state index contributed by atoms with van der Waals surface area (Å²) in [6.45, 7) is 2.33. The second-order valence-electron chi connectivity index (χ2n) is 4.47. The molecule has 0 aliphatic heterocycles. The Kier molecular flexibility index (Phi) is 4.56. The van der Waals surface area contributed by atoms with E-state index in [9.17, 15) is 9.18 Å². The molecule has 2 rings (SSSR count). The van der Waals surface area contributed by atoms with Gasteiger partial charge in [-0.05, 0) is 23.9 Å². The number of halogens is 1. The van der Waals surface area contributed by atoms with Crippen LogP contribution >= 0.6 is 0 Å². The summed E-state index contributed by atoms with van der Waals surface area (Å²) >= 11 is 0. The van der Waals surface area contributed by atoms with Crippen LogP contribution in [0, 0.1) is 5.82 Å². The van der Waals surface area contributed by atoms with E-state index in [-0.39, 0.29) is 10.9 Å². The lowest BCUT2D eigenvalue weighted by molar-refractivity contribution is 0.0498. The zero-order valence-corrected chi connectivity index (χ0v) is 11.6. The molecular weight excluding hydrogens is 259 g/mol. The van der Waals surface area contributed by atoms with Gasteiger partial charge in [0, 0.05) is 5.39 Å². The highest BCUT2D eigenvalue weighted by molar-refractivity contribution is 6.07. The number of carbonyl (C=O) groups excluding carboxylic acids is 1. The molecule has 0 aromatic heterocycles. The third-order valence-corrected chi connectivity index (χ3v) is 3.11. The van der Waals surface area contributed by atoms with E-state index in [0.29, 0.717) is 17.7 Å². The van der Waals surface area contributed by atoms with Crippen molar-refractivity contribution in [3.8, 4) is 5.75 Å². The number of carbonyl (C=O) groups is 1. The number of esters is 1. The number of methoxy groups -OCH3 is 1. The zero-order chi connectivity index (χ0) is 14.5. The highest BCUT2D eigenvalue weighted by Gasteiger charge is 2.20. The molecule has 0 bridgehead atoms. The molecule has 3 nitrogen and oxygen atoms in total. The van der Waals surface area contributed by atoms with E-state index < -0.39 is 11.8 Å². The summed E-state index contributed by atoms with van der Waals surface area (Å²) in [5.74, 6) is -0.682. The van der Waals surface area contributed by atoms with E-state index in [0.717, 1.165) is 12.8 Å². The van der Waals surface area contributed by atoms with Crippen LogP contribution in [0.3, 0.4) is 0 Å². The van der Waals surface area contributed by atoms with Gasteiger partial charge in [-0.3, -0.25) is 0 Å². The number of rotatable bonds is 5. The lowest BCUT2D eigenvalue weighted by atomic mass is 10.0. The topological polar surface area (TPSA) is 35.5 Å². The molecule has 20 heavy (non-hydrogen) atoms. The van der Waals surface area contributed by atoms with E-state index in [2.05, 4.69) is 0 Å². The van der Waals surface area contributed by atoms with Crippen molar-refractivity contribution in [2.75, 3.05) is 13.7 Å². The van der Waals surface area contributed by atoms with Crippen LogP contribution in [0.25, 0.3) is 10.8 Å². The largest absolute Gasteiger partial charge is 0.496 e. The summed E-state index contributed by atoms with van der Waals surface area (Å²) in [6.07, 6.45) is 1.70. The molecule has 0 aliphatic carbocycles. The smallest absolute Gasteiger partial charge is 0.342 e. The van der Waals surface area contributed by atoms with Crippen LogP contribution in [0.4, 0.5) is 4.39 Å². The average Bonchev–Trinajstić information content (AvgIpc) is 2.46. The van der Waals surface area contributed by atoms with Gasteiger partial charge >= 0.3 is 5.97 Å². The van der Waals surface area contributed by atoms with E-state index in [1.165, 1.54) is 13.2 Å². The van der Waals surface area contributed by atoms with Gasteiger partial charge in [0.05, 0.1) is 13.7 Å². The fourth-order valence-corrected chi connectivity index (χ4v) is 2.07. The number of hydrogen-bond acceptors (Lipinski definition) is 3. The van der Waals surface area contributed by atoms with Gasteiger partial charge in [-0.15, -0.1) is 0 Å². The third kappa shape index (κ3) is 2.74. The van der Waals surface area contributed by atoms with Gasteiger partial charge < -0.3 is 9.47 Å². The third-order valence-electron chi connectivity index (χ3n) is 3.11. The molecule has 0 saturated heterocycles. The number of hydrogen-bond donors (Lipinski definition) is 0. The fourth-order valence-electron chi connectivity index (χ4n) is 2.07. The number of ether oxygens (including phenoxy) is 2. The van der Waals surface area contributed by atoms with Crippen LogP contribution in [-0.4, -0.2) is 19.7 Å². The Morgan fingerprint density at radius 1 is 1.25 bits per heavy atom. The summed E-state index contributed by atoms with van der Waals surface area (Å²) in [5.41, 5.74) is 0.152. The molecule has 0 fully saturated rings. The summed E-state index contributed by atoms with van der Waals surface area (Å²) in [4.78, 5) is 12.2. The van der Waals surface area contributed by atoms with Crippen molar-refractivity contribution in [1.82, 2.24) is 0 Å². The summed E-state index contributed by atoms with van der Waals surface area (Å²) in [7, 11) is 1.45. The van der Waals surface area contributed by atoms with E-state index >= 15 is 0 Å². The van der Waals surface area contributed by atoms with E-state index in [4.69, 9.17) is 9.47 Å². The van der Waals surface area contributed by atoms with Gasteiger partial charge in [0.15, 0.2) is 0 Å². The van der Waals surface area contributed by atoms with Gasteiger partial charge in [0.25, 0.3) is 0 Å². The maximum atomic E-state index is 14.0. The van der Waals surface area contributed by atoms with E-state index in [1.54, 1.807) is 24.3 Å². The first-order valence-electron chi connectivity index (χ1n) is 6.61. The average molecular weight is 276 g/mol. The Morgan fingerprint density at radius 3 is 2.75 bits per heavy atom. The second-order valence-corrected chi connectivity index (χ2v) is 4.47. The van der Waals surface area contributed by atoms with Crippen LogP contribution in [0.1, 0.15) is 30.1 Å². The first kappa shape index (κ1) is 14.3. The molecule has 0 N–H and O–H groups in total. The summed E-state index contributed by atoms with van der Waals surface area (Å²) in [5, 5.41) is 0.890. The molecule has 2 aromatic rings. The molecule has 0 radical (unpaired) electrons. The van der Waals surface area contributed by atoms with Crippen molar-refractivity contribution < 1.29 is 18.7 Å². The molecule has 106 valence electrons. The molecule has 0 unspecified atom stereocenters. The second kappa shape index (κ2) is 6.37. The van der Waals surface area contributed by atoms with Crippen molar-refractivity contribution in [3.05, 3.63) is 41.7 Å². The molecular formula is C16H17FO3. The maximum absolute atomic E-state index is 14.0. The number of unbranched alkanes of at least 4 members (excludes halogenated alkanes) is 1. The predicted octanol–water partition coefficient (Wildman–Crippen LogP) is 3.94. The van der Waals surface area contributed by atoms with Crippen molar-refractivity contribution in [1.29, 1.82) is 0 Å². The predicted molar refractivity (Wildman–Crippen MR) is 75.6 cm³/mol. The Labute approximate surface area is 117 Å². The Hall–Kier alpha value is -2.10. The van der Waals surface area contributed by atoms with Gasteiger partial charge in [0.1, 0.15) is 17.1 Å². The molecule has 0 heterocycles. The van der Waals surface area contributed by atoms with Crippen molar-refractivity contribution in [3.63, 3.8) is 0 Å². The van der Waals surface area contributed by atoms with Crippen molar-refractivity contribution >= 4 is 16.7 Å². The minimum Gasteiger partial charge on any atom is -0.496 e. The molecule has 0 saturated carbocycles. The minimum absolute atomic E-state index is 0.152. The monoisotopic (exact) mass is 276 g/mol. The SMILES string of the molecule is CCCCOC(=O)c1c(OC)ccc2cccc(F)c12. The van der Waals surface area contributed by atoms with E-state index in [1.807, 2.05) is 6.92 Å². The van der Waals surface area contributed by atoms with Crippen molar-refractivity contribution in [2.24, 2.45) is 0 Å². The Morgan fingerprint density at radius 2 is 2.05 bits per heavy atom. The van der Waals surface area contributed by atoms with Crippen LogP contribution in [-0.2, 0) is 4.74 Å². The minimum atomic E-state index is -0.550. The van der Waals surface area contributed by atoms with Gasteiger partial charge in [-0.1, -0.05) is 31.5 Å². The Bertz CT molecular complexity index is 622. The lowest BCUT2D eigenvalue weighted by Crippen LogP contribution is -2.09. The van der Waals surface area contributed by atoms with Crippen molar-refractivity contribution in [2.45, 2.75) is 19.8 Å². The molecule has 0 atom stereocenters. The van der Waals surface area contributed by atoms with Crippen LogP contribution in [0.15, 0.2) is 30.3 Å². The maximum Gasteiger partial charge on any atom is 0.342 e. The Balaban J connectivity index is 2.50. The molecule has 4 heteroatoms. The first-order chi connectivity index (χ1) is 9.69. The molecule has 0 amide bonds. The number of fused-ring (bicyclic) bond motifs is 1. The van der Waals surface area contributed by atoms with Crippen LogP contribution in [0.2, 0.25) is 0 Å². The normalized spacial score (nSPS) is 10.6. The summed E-state index contributed by atoms with van der Waals surface area (Å²) < 4.78 is 24.4. The van der Waals surface area contributed by atoms with Gasteiger partial charge in [-0.25, -0.2) is 9.18 Å². The highest BCUT2D eigenvalue weighted by atomic mass is 19.1. The van der Waals surface area contributed by atoms with Crippen LogP contribution in [0.5, 0.6) is 5.75 Å². The standard InChI is InChI=1S/C16H17FO3/c1-3-4-10-20-16(18)15-13(19-2)9-8-11-6-5-7-12(17)14(11)15/h5-9H,3-4,10H2,1-2H3. The fraction of sp³-hybridized carbons (Fsp3) is 0.312. The molecule has 0 aliphatic rings. The molecule has 2 aromatic carbocycles. The quantitative estimate of drug-likeness (QED) is 0.613. The summed E-state index contributed by atoms with van der Waals surface area (Å²) in [6, 6.07) is 8.06. The number of benzene rings is 2. The lowest BCUT2D eigenvalue weighted by Gasteiger charge is -2.12. The highest BCUT2D eigenvalue weighted by Crippen LogP contribution is 2.30. The first-order valence-corrected chi connectivity index (χ1v) is 6.61. The van der Waals surface area contributed by atoms with Gasteiger partial charge in [-0.2, -0.15) is 0 Å².